The molecule has 0 aromatic rings. The van der Waals surface area contributed by atoms with E-state index < -0.39 is 0 Å². The molecule has 34 heavy (non-hydrogen) atoms. The maximum absolute atomic E-state index is 2.57. The van der Waals surface area contributed by atoms with E-state index in [1.807, 2.05) is 0 Å². The van der Waals surface area contributed by atoms with Crippen molar-refractivity contribution in [2.45, 2.75) is 126 Å². The van der Waals surface area contributed by atoms with E-state index in [-0.39, 0.29) is 63.8 Å². The summed E-state index contributed by atoms with van der Waals surface area (Å²) < 4.78 is 0.901. The second-order valence-electron chi connectivity index (χ2n) is 9.95. The first-order valence-corrected chi connectivity index (χ1v) is 13.6. The molecule has 0 saturated heterocycles. The van der Waals surface area contributed by atoms with Crippen LogP contribution >= 0.6 is 22.6 Å². The topological polar surface area (TPSA) is 6.48 Å². The maximum Gasteiger partial charge on any atom is 2.00 e. The molecule has 4 atom stereocenters. The van der Waals surface area contributed by atoms with Gasteiger partial charge in [0.15, 0.2) is 0 Å². The molecule has 4 aliphatic rings. The molecule has 4 rings (SSSR count). The summed E-state index contributed by atoms with van der Waals surface area (Å²) in [5.74, 6) is 0.931. The minimum Gasteiger partial charge on any atom is -0.358 e. The Morgan fingerprint density at radius 1 is 0.471 bits per heavy atom. The van der Waals surface area contributed by atoms with Crippen molar-refractivity contribution in [1.82, 2.24) is 9.80 Å². The van der Waals surface area contributed by atoms with Crippen molar-refractivity contribution in [2.24, 2.45) is 5.92 Å². The van der Waals surface area contributed by atoms with Gasteiger partial charge in [0.2, 0.25) is 0 Å². The summed E-state index contributed by atoms with van der Waals surface area (Å²) in [5.41, 5.74) is 0. The fourth-order valence-electron chi connectivity index (χ4n) is 5.14. The van der Waals surface area contributed by atoms with Gasteiger partial charge in [-0.1, -0.05) is 107 Å². The van der Waals surface area contributed by atoms with E-state index in [0.717, 1.165) is 21.9 Å². The number of alkyl halides is 1. The van der Waals surface area contributed by atoms with Gasteiger partial charge < -0.3 is 39.5 Å². The second-order valence-corrected chi connectivity index (χ2v) is 11.6. The second kappa shape index (κ2) is 30.9. The van der Waals surface area contributed by atoms with Crippen molar-refractivity contribution >= 4 is 22.6 Å². The van der Waals surface area contributed by atoms with Gasteiger partial charge in [-0.05, 0) is 59.8 Å². The predicted molar refractivity (Wildman–Crippen MR) is 161 cm³/mol. The average Bonchev–Trinajstić information content (AvgIpc) is 3.44. The Hall–Kier alpha value is 1.69. The van der Waals surface area contributed by atoms with Crippen molar-refractivity contribution in [1.29, 1.82) is 0 Å². The van der Waals surface area contributed by atoms with Gasteiger partial charge in [-0.15, -0.1) is 0 Å². The normalized spacial score (nSPS) is 26.1. The van der Waals surface area contributed by atoms with Crippen LogP contribution in [0, 0.1) is 35.6 Å². The first-order chi connectivity index (χ1) is 13.4. The van der Waals surface area contributed by atoms with E-state index in [1.54, 1.807) is 0 Å². The molecular weight excluding hydrogens is 615 g/mol. The Balaban J connectivity index is -0.0000000745. The van der Waals surface area contributed by atoms with Gasteiger partial charge in [0.1, 0.15) is 0 Å². The van der Waals surface area contributed by atoms with Crippen LogP contribution in [0.4, 0.5) is 0 Å². The smallest absolute Gasteiger partial charge is 0.358 e. The molecule has 0 radical (unpaired) electrons. The van der Waals surface area contributed by atoms with E-state index in [2.05, 4.69) is 67.5 Å². The van der Waals surface area contributed by atoms with E-state index >= 15 is 0 Å². The third-order valence-electron chi connectivity index (χ3n) is 7.04. The molecule has 0 N–H and O–H groups in total. The van der Waals surface area contributed by atoms with Crippen molar-refractivity contribution in [3.05, 3.63) is 29.7 Å². The molecule has 0 spiro atoms. The molecule has 212 valence electrons. The predicted octanol–water partition coefficient (Wildman–Crippen LogP) is 9.34. The van der Waals surface area contributed by atoms with Crippen LogP contribution in [0.15, 0.2) is 0 Å². The van der Waals surface area contributed by atoms with Crippen LogP contribution in [0.2, 0.25) is 0 Å². The number of halogens is 1. The van der Waals surface area contributed by atoms with Crippen molar-refractivity contribution in [3.8, 4) is 0 Å². The summed E-state index contributed by atoms with van der Waals surface area (Å²) in [6, 6.07) is 1.72. The molecule has 0 bridgehead atoms. The molecule has 0 aromatic heterocycles. The minimum absolute atomic E-state index is 0. The zero-order valence-electron chi connectivity index (χ0n) is 24.6. The average molecular weight is 678 g/mol. The number of hydrogen-bond acceptors (Lipinski definition) is 2. The van der Waals surface area contributed by atoms with E-state index in [0.29, 0.717) is 0 Å². The molecule has 5 heteroatoms. The SMILES string of the molecule is C1CCCC1.C1CCCC1.CC1CCCC1N(C)C.CN(C)C1CCCC1I.[CH3-].[CH3-].[CH3-].[CH3-].[Fe+2].[Fe+2]. The molecule has 0 heterocycles. The summed E-state index contributed by atoms with van der Waals surface area (Å²) in [4.78, 5) is 4.71. The quantitative estimate of drug-likeness (QED) is 0.124. The van der Waals surface area contributed by atoms with E-state index in [4.69, 9.17) is 0 Å². The molecule has 0 aliphatic heterocycles. The van der Waals surface area contributed by atoms with Crippen LogP contribution in [-0.2, 0) is 34.1 Å². The fourth-order valence-corrected chi connectivity index (χ4v) is 6.58. The zero-order valence-corrected chi connectivity index (χ0v) is 29.0. The van der Waals surface area contributed by atoms with Crippen LogP contribution in [0.25, 0.3) is 0 Å². The van der Waals surface area contributed by atoms with Crippen molar-refractivity contribution in [2.75, 3.05) is 28.2 Å². The van der Waals surface area contributed by atoms with Crippen LogP contribution in [0.3, 0.4) is 0 Å². The molecule has 4 unspecified atom stereocenters. The minimum atomic E-state index is 0. The third-order valence-corrected chi connectivity index (χ3v) is 8.49. The van der Waals surface area contributed by atoms with Gasteiger partial charge >= 0.3 is 34.1 Å². The fraction of sp³-hybridized carbons (Fsp3) is 0.862. The summed E-state index contributed by atoms with van der Waals surface area (Å²) in [5, 5.41) is 0. The van der Waals surface area contributed by atoms with Gasteiger partial charge in [0, 0.05) is 16.0 Å². The summed E-state index contributed by atoms with van der Waals surface area (Å²) in [6.07, 6.45) is 23.5. The largest absolute Gasteiger partial charge is 2.00 e. The molecule has 2 nitrogen and oxygen atoms in total. The Morgan fingerprint density at radius 2 is 0.765 bits per heavy atom. The summed E-state index contributed by atoms with van der Waals surface area (Å²) in [6.45, 7) is 2.36. The van der Waals surface area contributed by atoms with Gasteiger partial charge in [-0.2, -0.15) is 0 Å². The monoisotopic (exact) mass is 678 g/mol. The molecule has 0 amide bonds. The van der Waals surface area contributed by atoms with E-state index in [9.17, 15) is 0 Å². The van der Waals surface area contributed by atoms with Gasteiger partial charge in [0.05, 0.1) is 0 Å². The van der Waals surface area contributed by atoms with Gasteiger partial charge in [-0.3, -0.25) is 0 Å². The third kappa shape index (κ3) is 22.9. The first-order valence-electron chi connectivity index (χ1n) is 12.4. The summed E-state index contributed by atoms with van der Waals surface area (Å²) in [7, 11) is 8.74. The first kappa shape index (κ1) is 48.7. The molecule has 4 saturated carbocycles. The maximum atomic E-state index is 2.57. The summed E-state index contributed by atoms with van der Waals surface area (Å²) >= 11 is 2.57. The van der Waals surface area contributed by atoms with Gasteiger partial charge in [0.25, 0.3) is 0 Å². The molecule has 0 aromatic carbocycles. The Morgan fingerprint density at radius 3 is 0.912 bits per heavy atom. The Labute approximate surface area is 254 Å². The number of hydrogen-bond donors (Lipinski definition) is 0. The Bertz CT molecular complexity index is 313. The van der Waals surface area contributed by atoms with Crippen molar-refractivity contribution < 1.29 is 34.1 Å². The van der Waals surface area contributed by atoms with Crippen molar-refractivity contribution in [3.63, 3.8) is 0 Å². The number of rotatable bonds is 2. The zero-order chi connectivity index (χ0) is 20.8. The van der Waals surface area contributed by atoms with Crippen LogP contribution < -0.4 is 0 Å². The van der Waals surface area contributed by atoms with E-state index in [1.165, 1.54) is 103 Å². The molecule has 4 fully saturated rings. The van der Waals surface area contributed by atoms with Gasteiger partial charge in [-0.25, -0.2) is 0 Å². The molecule has 4 aliphatic carbocycles. The van der Waals surface area contributed by atoms with Crippen LogP contribution in [-0.4, -0.2) is 54.0 Å². The Kier molecular flexibility index (Phi) is 44.3. The van der Waals surface area contributed by atoms with Crippen LogP contribution in [0.5, 0.6) is 0 Å². The van der Waals surface area contributed by atoms with Crippen LogP contribution in [0.1, 0.15) is 110 Å². The number of nitrogens with zero attached hydrogens (tertiary/aromatic N) is 2. The standard InChI is InChI=1S/C8H17N.C7H14IN.2C5H10.4CH3.2Fe/c1-7-5-4-6-8(7)9(2)3;1-9(2)7-5-3-4-6(7)8;2*1-2-4-5-3-1;;;;;;/h7-8H,4-6H2,1-3H3;6-7H,3-5H2,1-2H3;2*1-5H2;4*1H3;;/q;;;;4*-1;2*+2. The molecular formula is C29H63Fe2IN2.